The topological polar surface area (TPSA) is 54.7 Å². The monoisotopic (exact) mass is 316 g/mol. The quantitative estimate of drug-likeness (QED) is 0.868. The Labute approximate surface area is 134 Å². The average Bonchev–Trinajstić information content (AvgIpc) is 3.23. The van der Waals surface area contributed by atoms with Crippen molar-refractivity contribution in [1.82, 2.24) is 9.55 Å². The van der Waals surface area contributed by atoms with Crippen LogP contribution in [0.4, 0.5) is 0 Å². The van der Waals surface area contributed by atoms with Crippen molar-refractivity contribution in [1.29, 1.82) is 0 Å². The summed E-state index contributed by atoms with van der Waals surface area (Å²) in [5.41, 5.74) is 0.915. The lowest BCUT2D eigenvalue weighted by Crippen LogP contribution is -2.22. The van der Waals surface area contributed by atoms with E-state index >= 15 is 0 Å². The minimum absolute atomic E-state index is 0.246. The van der Waals surface area contributed by atoms with Gasteiger partial charge in [-0.25, -0.2) is 4.98 Å². The summed E-state index contributed by atoms with van der Waals surface area (Å²) in [5.74, 6) is 3.59. The van der Waals surface area contributed by atoms with E-state index in [1.165, 1.54) is 6.42 Å². The van der Waals surface area contributed by atoms with Crippen LogP contribution >= 0.6 is 0 Å². The van der Waals surface area contributed by atoms with E-state index in [-0.39, 0.29) is 6.79 Å². The summed E-state index contributed by atoms with van der Waals surface area (Å²) in [6, 6.07) is 3.80. The SMILES string of the molecule is COc1cc2c(cc1-c1nccn1C[C@H]1CCCOC1)OCO2. The Morgan fingerprint density at radius 3 is 2.96 bits per heavy atom. The highest BCUT2D eigenvalue weighted by Gasteiger charge is 2.22. The summed E-state index contributed by atoms with van der Waals surface area (Å²) in [6.45, 7) is 2.84. The molecule has 0 unspecified atom stereocenters. The Bertz CT molecular complexity index is 692. The van der Waals surface area contributed by atoms with Crippen molar-refractivity contribution in [2.45, 2.75) is 19.4 Å². The van der Waals surface area contributed by atoms with Crippen LogP contribution in [0.1, 0.15) is 12.8 Å². The molecule has 2 aliphatic heterocycles. The highest BCUT2D eigenvalue weighted by atomic mass is 16.7. The maximum absolute atomic E-state index is 5.59. The van der Waals surface area contributed by atoms with Crippen LogP contribution in [-0.4, -0.2) is 36.7 Å². The van der Waals surface area contributed by atoms with E-state index in [1.807, 2.05) is 24.5 Å². The lowest BCUT2D eigenvalue weighted by molar-refractivity contribution is 0.0485. The van der Waals surface area contributed by atoms with Crippen LogP contribution in [0.2, 0.25) is 0 Å². The predicted molar refractivity (Wildman–Crippen MR) is 83.9 cm³/mol. The highest BCUT2D eigenvalue weighted by molar-refractivity contribution is 5.70. The second kappa shape index (κ2) is 6.12. The van der Waals surface area contributed by atoms with Crippen molar-refractivity contribution in [3.63, 3.8) is 0 Å². The minimum atomic E-state index is 0.246. The zero-order valence-electron chi connectivity index (χ0n) is 13.2. The maximum atomic E-state index is 5.59. The van der Waals surface area contributed by atoms with Crippen LogP contribution in [0.3, 0.4) is 0 Å². The van der Waals surface area contributed by atoms with Gasteiger partial charge < -0.3 is 23.5 Å². The van der Waals surface area contributed by atoms with Gasteiger partial charge in [0.05, 0.1) is 19.3 Å². The third-order valence-electron chi connectivity index (χ3n) is 4.36. The first-order valence-corrected chi connectivity index (χ1v) is 7.92. The fourth-order valence-electron chi connectivity index (χ4n) is 3.20. The molecule has 23 heavy (non-hydrogen) atoms. The van der Waals surface area contributed by atoms with Crippen LogP contribution in [0.15, 0.2) is 24.5 Å². The van der Waals surface area contributed by atoms with Crippen LogP contribution in [-0.2, 0) is 11.3 Å². The maximum Gasteiger partial charge on any atom is 0.231 e. The molecular formula is C17H20N2O4. The molecule has 0 N–H and O–H groups in total. The molecule has 2 aliphatic rings. The van der Waals surface area contributed by atoms with Crippen LogP contribution in [0.5, 0.6) is 17.2 Å². The largest absolute Gasteiger partial charge is 0.496 e. The van der Waals surface area contributed by atoms with Crippen molar-refractivity contribution < 1.29 is 18.9 Å². The Morgan fingerprint density at radius 2 is 2.17 bits per heavy atom. The van der Waals surface area contributed by atoms with Crippen molar-refractivity contribution in [3.05, 3.63) is 24.5 Å². The van der Waals surface area contributed by atoms with Crippen molar-refractivity contribution >= 4 is 0 Å². The zero-order valence-corrected chi connectivity index (χ0v) is 13.2. The third-order valence-corrected chi connectivity index (χ3v) is 4.36. The van der Waals surface area contributed by atoms with Gasteiger partial charge in [-0.15, -0.1) is 0 Å². The van der Waals surface area contributed by atoms with E-state index in [0.29, 0.717) is 11.7 Å². The molecule has 1 fully saturated rings. The van der Waals surface area contributed by atoms with Crippen molar-refractivity contribution in [2.24, 2.45) is 5.92 Å². The first kappa shape index (κ1) is 14.4. The number of nitrogens with zero attached hydrogens (tertiary/aromatic N) is 2. The van der Waals surface area contributed by atoms with E-state index in [2.05, 4.69) is 9.55 Å². The summed E-state index contributed by atoms with van der Waals surface area (Å²) in [4.78, 5) is 4.53. The summed E-state index contributed by atoms with van der Waals surface area (Å²) >= 11 is 0. The van der Waals surface area contributed by atoms with Gasteiger partial charge in [0, 0.05) is 37.5 Å². The van der Waals surface area contributed by atoms with Crippen LogP contribution in [0, 0.1) is 5.92 Å². The molecule has 1 saturated heterocycles. The Kier molecular flexibility index (Phi) is 3.83. The van der Waals surface area contributed by atoms with Gasteiger partial charge in [0.1, 0.15) is 11.6 Å². The number of hydrogen-bond donors (Lipinski definition) is 0. The van der Waals surface area contributed by atoms with E-state index < -0.39 is 0 Å². The molecule has 0 spiro atoms. The Hall–Kier alpha value is -2.21. The summed E-state index contributed by atoms with van der Waals surface area (Å²) in [5, 5.41) is 0. The van der Waals surface area contributed by atoms with Crippen molar-refractivity contribution in [3.8, 4) is 28.6 Å². The standard InChI is InChI=1S/C17H20N2O4/c1-20-14-8-16-15(22-11-23-16)7-13(14)17-18-4-5-19(17)9-12-3-2-6-21-10-12/h4-5,7-8,12H,2-3,6,9-11H2,1H3/t12-/m1/s1. The lowest BCUT2D eigenvalue weighted by Gasteiger charge is -2.23. The summed E-state index contributed by atoms with van der Waals surface area (Å²) in [7, 11) is 1.66. The van der Waals surface area contributed by atoms with Gasteiger partial charge in [0.2, 0.25) is 6.79 Å². The van der Waals surface area contributed by atoms with E-state index in [0.717, 1.165) is 49.1 Å². The summed E-state index contributed by atoms with van der Waals surface area (Å²) in [6.07, 6.45) is 6.15. The second-order valence-electron chi connectivity index (χ2n) is 5.89. The number of rotatable bonds is 4. The molecule has 0 saturated carbocycles. The number of imidazole rings is 1. The molecule has 6 nitrogen and oxygen atoms in total. The molecule has 6 heteroatoms. The fraction of sp³-hybridized carbons (Fsp3) is 0.471. The van der Waals surface area contributed by atoms with Gasteiger partial charge in [-0.1, -0.05) is 0 Å². The van der Waals surface area contributed by atoms with Gasteiger partial charge in [0.15, 0.2) is 11.5 Å². The Morgan fingerprint density at radius 1 is 1.30 bits per heavy atom. The molecule has 1 aromatic carbocycles. The normalized spacial score (nSPS) is 19.8. The van der Waals surface area contributed by atoms with Gasteiger partial charge in [-0.05, 0) is 18.9 Å². The van der Waals surface area contributed by atoms with Gasteiger partial charge in [-0.3, -0.25) is 0 Å². The average molecular weight is 316 g/mol. The molecule has 0 aliphatic carbocycles. The number of methoxy groups -OCH3 is 1. The van der Waals surface area contributed by atoms with Crippen LogP contribution in [0.25, 0.3) is 11.4 Å². The molecule has 0 bridgehead atoms. The molecule has 0 radical (unpaired) electrons. The Balaban J connectivity index is 1.67. The molecule has 1 atom stereocenters. The number of ether oxygens (including phenoxy) is 4. The smallest absolute Gasteiger partial charge is 0.231 e. The predicted octanol–water partition coefficient (Wildman–Crippen LogP) is 2.71. The number of fused-ring (bicyclic) bond motifs is 1. The van der Waals surface area contributed by atoms with E-state index in [1.54, 1.807) is 7.11 Å². The molecular weight excluding hydrogens is 296 g/mol. The molecule has 122 valence electrons. The molecule has 0 amide bonds. The van der Waals surface area contributed by atoms with Gasteiger partial charge >= 0.3 is 0 Å². The van der Waals surface area contributed by atoms with Crippen LogP contribution < -0.4 is 14.2 Å². The molecule has 2 aromatic rings. The number of hydrogen-bond acceptors (Lipinski definition) is 5. The number of aromatic nitrogens is 2. The molecule has 4 rings (SSSR count). The third kappa shape index (κ3) is 2.74. The molecule has 3 heterocycles. The number of benzene rings is 1. The van der Waals surface area contributed by atoms with Gasteiger partial charge in [0.25, 0.3) is 0 Å². The van der Waals surface area contributed by atoms with Crippen molar-refractivity contribution in [2.75, 3.05) is 27.1 Å². The van der Waals surface area contributed by atoms with E-state index in [9.17, 15) is 0 Å². The summed E-state index contributed by atoms with van der Waals surface area (Å²) < 4.78 is 24.2. The second-order valence-corrected chi connectivity index (χ2v) is 5.89. The minimum Gasteiger partial charge on any atom is -0.496 e. The van der Waals surface area contributed by atoms with E-state index in [4.69, 9.17) is 18.9 Å². The first-order chi connectivity index (χ1) is 11.3. The molecule has 1 aromatic heterocycles. The fourth-order valence-corrected chi connectivity index (χ4v) is 3.20. The first-order valence-electron chi connectivity index (χ1n) is 7.92. The highest BCUT2D eigenvalue weighted by Crippen LogP contribution is 2.42. The zero-order chi connectivity index (χ0) is 15.6. The lowest BCUT2D eigenvalue weighted by atomic mass is 10.0. The van der Waals surface area contributed by atoms with Gasteiger partial charge in [-0.2, -0.15) is 0 Å².